The third-order valence-corrected chi connectivity index (χ3v) is 5.70. The van der Waals surface area contributed by atoms with E-state index in [0.29, 0.717) is 5.70 Å². The molecule has 2 aliphatic rings. The van der Waals surface area contributed by atoms with Crippen LogP contribution in [-0.2, 0) is 15.4 Å². The molecule has 2 atom stereocenters. The molecule has 1 N–H and O–H groups in total. The van der Waals surface area contributed by atoms with Gasteiger partial charge in [-0.1, -0.05) is 51.1 Å². The lowest BCUT2D eigenvalue weighted by Crippen LogP contribution is -2.31. The Balaban J connectivity index is 1.84. The first kappa shape index (κ1) is 16.7. The van der Waals surface area contributed by atoms with Gasteiger partial charge in [0.25, 0.3) is 10.0 Å². The summed E-state index contributed by atoms with van der Waals surface area (Å²) in [5, 5.41) is 0. The maximum absolute atomic E-state index is 12.7. The minimum absolute atomic E-state index is 0.00807. The van der Waals surface area contributed by atoms with E-state index >= 15 is 0 Å². The van der Waals surface area contributed by atoms with Crippen molar-refractivity contribution in [1.29, 1.82) is 0 Å². The lowest BCUT2D eigenvalue weighted by Gasteiger charge is -2.27. The van der Waals surface area contributed by atoms with E-state index in [1.54, 1.807) is 18.3 Å². The predicted octanol–water partition coefficient (Wildman–Crippen LogP) is 3.55. The fraction of sp³-hybridized carbons (Fsp3) is 0.316. The summed E-state index contributed by atoms with van der Waals surface area (Å²) in [6.07, 6.45) is 11.2. The summed E-state index contributed by atoms with van der Waals surface area (Å²) >= 11 is 0. The van der Waals surface area contributed by atoms with Crippen LogP contribution in [0.2, 0.25) is 0 Å². The average molecular weight is 342 g/mol. The van der Waals surface area contributed by atoms with Gasteiger partial charge in [0, 0.05) is 29.9 Å². The summed E-state index contributed by atoms with van der Waals surface area (Å²) in [5.74, 6) is 0.0806. The highest BCUT2D eigenvalue weighted by Crippen LogP contribution is 2.29. The molecule has 2 unspecified atom stereocenters. The standard InChI is InChI=1S/C19H22N2O2S/c1-19(2,3)15-7-9-16(10-8-15)24(22,23)21-18-6-4-5-14-13-20-12-11-17(14)18/h4-14,17,21H,1-3H3. The number of fused-ring (bicyclic) bond motifs is 1. The molecule has 0 spiro atoms. The number of hydrogen-bond acceptors (Lipinski definition) is 3. The second kappa shape index (κ2) is 6.06. The number of nitrogens with one attached hydrogen (secondary N) is 1. The molecule has 5 heteroatoms. The Morgan fingerprint density at radius 2 is 1.79 bits per heavy atom. The molecule has 1 heterocycles. The molecule has 1 aliphatic heterocycles. The van der Waals surface area contributed by atoms with Crippen molar-refractivity contribution in [3.8, 4) is 0 Å². The van der Waals surface area contributed by atoms with Crippen LogP contribution in [0, 0.1) is 11.8 Å². The van der Waals surface area contributed by atoms with E-state index in [4.69, 9.17) is 0 Å². The van der Waals surface area contributed by atoms with Gasteiger partial charge < -0.3 is 0 Å². The van der Waals surface area contributed by atoms with E-state index in [1.165, 1.54) is 0 Å². The van der Waals surface area contributed by atoms with Crippen LogP contribution in [0.25, 0.3) is 0 Å². The maximum Gasteiger partial charge on any atom is 0.261 e. The van der Waals surface area contributed by atoms with Crippen molar-refractivity contribution in [2.75, 3.05) is 0 Å². The Labute approximate surface area is 143 Å². The summed E-state index contributed by atoms with van der Waals surface area (Å²) in [5.41, 5.74) is 1.77. The van der Waals surface area contributed by atoms with Crippen LogP contribution in [0.4, 0.5) is 0 Å². The smallest absolute Gasteiger partial charge is 0.261 e. The Morgan fingerprint density at radius 1 is 1.08 bits per heavy atom. The van der Waals surface area contributed by atoms with E-state index in [2.05, 4.69) is 30.5 Å². The van der Waals surface area contributed by atoms with Crippen molar-refractivity contribution < 1.29 is 8.42 Å². The molecule has 0 saturated carbocycles. The first-order valence-electron chi connectivity index (χ1n) is 7.99. The van der Waals surface area contributed by atoms with Gasteiger partial charge in [-0.15, -0.1) is 0 Å². The SMILES string of the molecule is CC(C)(C)c1ccc(S(=O)(=O)NC2=CC=CC3C=NC=CC23)cc1. The molecule has 0 bridgehead atoms. The van der Waals surface area contributed by atoms with E-state index in [1.807, 2.05) is 42.7 Å². The van der Waals surface area contributed by atoms with Gasteiger partial charge in [0.05, 0.1) is 4.90 Å². The van der Waals surface area contributed by atoms with Crippen molar-refractivity contribution in [1.82, 2.24) is 4.72 Å². The monoisotopic (exact) mass is 342 g/mol. The summed E-state index contributed by atoms with van der Waals surface area (Å²) in [6.45, 7) is 6.31. The number of hydrogen-bond donors (Lipinski definition) is 1. The second-order valence-corrected chi connectivity index (χ2v) is 8.81. The van der Waals surface area contributed by atoms with Crippen LogP contribution < -0.4 is 4.72 Å². The zero-order chi connectivity index (χ0) is 17.4. The first-order chi connectivity index (χ1) is 11.3. The van der Waals surface area contributed by atoms with Crippen LogP contribution >= 0.6 is 0 Å². The van der Waals surface area contributed by atoms with Crippen molar-refractivity contribution in [2.45, 2.75) is 31.1 Å². The van der Waals surface area contributed by atoms with Gasteiger partial charge in [-0.25, -0.2) is 8.42 Å². The van der Waals surface area contributed by atoms with Crippen LogP contribution in [0.3, 0.4) is 0 Å². The number of nitrogens with zero attached hydrogens (tertiary/aromatic N) is 1. The van der Waals surface area contributed by atoms with Gasteiger partial charge in [-0.2, -0.15) is 0 Å². The molecule has 0 aromatic heterocycles. The molecule has 0 amide bonds. The fourth-order valence-electron chi connectivity index (χ4n) is 2.84. The van der Waals surface area contributed by atoms with E-state index in [-0.39, 0.29) is 22.1 Å². The van der Waals surface area contributed by atoms with Gasteiger partial charge >= 0.3 is 0 Å². The van der Waals surface area contributed by atoms with Crippen LogP contribution in [0.5, 0.6) is 0 Å². The summed E-state index contributed by atoms with van der Waals surface area (Å²) < 4.78 is 28.1. The lowest BCUT2D eigenvalue weighted by molar-refractivity contribution is 0.572. The highest BCUT2D eigenvalue weighted by molar-refractivity contribution is 7.89. The molecule has 126 valence electrons. The Morgan fingerprint density at radius 3 is 2.46 bits per heavy atom. The largest absolute Gasteiger partial charge is 0.283 e. The van der Waals surface area contributed by atoms with Gasteiger partial charge in [0.1, 0.15) is 0 Å². The van der Waals surface area contributed by atoms with Crippen LogP contribution in [0.1, 0.15) is 26.3 Å². The molecular weight excluding hydrogens is 320 g/mol. The molecule has 1 aromatic rings. The lowest BCUT2D eigenvalue weighted by atomic mass is 9.86. The summed E-state index contributed by atoms with van der Waals surface area (Å²) in [6, 6.07) is 7.08. The van der Waals surface area contributed by atoms with Gasteiger partial charge in [0.2, 0.25) is 0 Å². The second-order valence-electron chi connectivity index (χ2n) is 7.13. The highest BCUT2D eigenvalue weighted by Gasteiger charge is 2.27. The van der Waals surface area contributed by atoms with E-state index in [9.17, 15) is 8.42 Å². The number of allylic oxidation sites excluding steroid dienone is 4. The number of sulfonamides is 1. The Bertz CT molecular complexity index is 838. The molecule has 4 nitrogen and oxygen atoms in total. The minimum atomic E-state index is -3.60. The molecular formula is C19H22N2O2S. The first-order valence-corrected chi connectivity index (χ1v) is 9.47. The summed E-state index contributed by atoms with van der Waals surface area (Å²) in [4.78, 5) is 4.40. The summed E-state index contributed by atoms with van der Waals surface area (Å²) in [7, 11) is -3.60. The van der Waals surface area contributed by atoms with Crippen molar-refractivity contribution >= 4 is 16.2 Å². The van der Waals surface area contributed by atoms with Gasteiger partial charge in [-0.3, -0.25) is 9.71 Å². The maximum atomic E-state index is 12.7. The van der Waals surface area contributed by atoms with Crippen molar-refractivity contribution in [2.24, 2.45) is 16.8 Å². The van der Waals surface area contributed by atoms with Gasteiger partial charge in [0.15, 0.2) is 0 Å². The Kier molecular flexibility index (Phi) is 4.22. The van der Waals surface area contributed by atoms with Gasteiger partial charge in [-0.05, 0) is 29.2 Å². The topological polar surface area (TPSA) is 58.5 Å². The van der Waals surface area contributed by atoms with Crippen LogP contribution in [0.15, 0.2) is 70.4 Å². The molecule has 1 aliphatic carbocycles. The average Bonchev–Trinajstić information content (AvgIpc) is 2.54. The van der Waals surface area contributed by atoms with E-state index in [0.717, 1.165) is 5.56 Å². The number of aliphatic imine (C=N–C) groups is 1. The normalized spacial score (nSPS) is 22.9. The minimum Gasteiger partial charge on any atom is -0.283 e. The number of benzene rings is 1. The molecule has 0 saturated heterocycles. The quantitative estimate of drug-likeness (QED) is 0.913. The fourth-order valence-corrected chi connectivity index (χ4v) is 3.97. The zero-order valence-corrected chi connectivity index (χ0v) is 14.9. The van der Waals surface area contributed by atoms with Crippen molar-refractivity contribution in [3.05, 3.63) is 66.0 Å². The Hall–Kier alpha value is -2.14. The molecule has 0 radical (unpaired) electrons. The molecule has 3 rings (SSSR count). The third kappa shape index (κ3) is 3.36. The zero-order valence-electron chi connectivity index (χ0n) is 14.1. The highest BCUT2D eigenvalue weighted by atomic mass is 32.2. The number of rotatable bonds is 3. The van der Waals surface area contributed by atoms with E-state index < -0.39 is 10.0 Å². The van der Waals surface area contributed by atoms with Crippen LogP contribution in [-0.4, -0.2) is 14.6 Å². The van der Waals surface area contributed by atoms with Crippen molar-refractivity contribution in [3.63, 3.8) is 0 Å². The predicted molar refractivity (Wildman–Crippen MR) is 97.3 cm³/mol. The molecule has 1 aromatic carbocycles. The molecule has 24 heavy (non-hydrogen) atoms. The molecule has 0 fully saturated rings. The third-order valence-electron chi connectivity index (χ3n) is 4.30.